The molecular formula is C23H18. The number of hydrogen-bond donors (Lipinski definition) is 0. The smallest absolute Gasteiger partial charge is 0.00135 e. The Bertz CT molecular complexity index is 833. The van der Waals surface area contributed by atoms with E-state index in [0.717, 1.165) is 6.42 Å². The zero-order valence-corrected chi connectivity index (χ0v) is 12.9. The van der Waals surface area contributed by atoms with Crippen LogP contribution in [0, 0.1) is 0 Å². The van der Waals surface area contributed by atoms with E-state index in [1.807, 2.05) is 6.07 Å². The van der Waals surface area contributed by atoms with Crippen LogP contribution in [-0.2, 0) is 6.42 Å². The van der Waals surface area contributed by atoms with Crippen LogP contribution in [0.25, 0.3) is 22.3 Å². The van der Waals surface area contributed by atoms with Crippen molar-refractivity contribution < 1.29 is 0 Å². The fourth-order valence-corrected chi connectivity index (χ4v) is 3.21. The Morgan fingerprint density at radius 3 is 1.39 bits per heavy atom. The van der Waals surface area contributed by atoms with Gasteiger partial charge in [-0.25, -0.2) is 0 Å². The molecule has 23 heavy (non-hydrogen) atoms. The van der Waals surface area contributed by atoms with Crippen LogP contribution in [0.2, 0.25) is 0 Å². The molecule has 3 aliphatic carbocycles. The second-order valence-corrected chi connectivity index (χ2v) is 5.84. The minimum Gasteiger partial charge on any atom is -0.0622 e. The molecule has 110 valence electrons. The minimum absolute atomic E-state index is 1.10. The summed E-state index contributed by atoms with van der Waals surface area (Å²) in [6.45, 7) is 0. The zero-order chi connectivity index (χ0) is 15.5. The van der Waals surface area contributed by atoms with E-state index in [4.69, 9.17) is 0 Å². The lowest BCUT2D eigenvalue weighted by atomic mass is 10.1. The molecule has 2 aromatic rings. The van der Waals surface area contributed by atoms with E-state index in [-0.39, 0.29) is 0 Å². The van der Waals surface area contributed by atoms with Gasteiger partial charge in [0.25, 0.3) is 0 Å². The average molecular weight is 294 g/mol. The van der Waals surface area contributed by atoms with Crippen molar-refractivity contribution in [3.63, 3.8) is 0 Å². The zero-order valence-electron chi connectivity index (χ0n) is 12.9. The highest BCUT2D eigenvalue weighted by Gasteiger charge is 2.15. The molecule has 0 N–H and O–H groups in total. The SMILES string of the molecule is c1ccc2c(c1)Cc1ccccc1-2.c1ccc2cccc-2cc1. The number of fused-ring (bicyclic) bond motifs is 4. The fraction of sp³-hybridized carbons (Fsp3) is 0.0435. The lowest BCUT2D eigenvalue weighted by Gasteiger charge is -1.98. The van der Waals surface area contributed by atoms with Crippen LogP contribution in [0.15, 0.2) is 97.1 Å². The van der Waals surface area contributed by atoms with Gasteiger partial charge in [-0.05, 0) is 39.8 Å². The van der Waals surface area contributed by atoms with E-state index >= 15 is 0 Å². The molecule has 0 saturated carbocycles. The van der Waals surface area contributed by atoms with Crippen LogP contribution in [0.4, 0.5) is 0 Å². The van der Waals surface area contributed by atoms with Crippen LogP contribution in [-0.4, -0.2) is 0 Å². The highest BCUT2D eigenvalue weighted by Crippen LogP contribution is 2.35. The van der Waals surface area contributed by atoms with Gasteiger partial charge in [0, 0.05) is 0 Å². The van der Waals surface area contributed by atoms with Crippen LogP contribution in [0.1, 0.15) is 11.1 Å². The van der Waals surface area contributed by atoms with Gasteiger partial charge in [0.1, 0.15) is 0 Å². The molecule has 0 spiro atoms. The summed E-state index contributed by atoms with van der Waals surface area (Å²) in [4.78, 5) is 0. The Morgan fingerprint density at radius 1 is 0.391 bits per heavy atom. The molecule has 2 aromatic carbocycles. The van der Waals surface area contributed by atoms with Gasteiger partial charge in [-0.3, -0.25) is 0 Å². The maximum absolute atomic E-state index is 2.22. The van der Waals surface area contributed by atoms with E-state index in [1.54, 1.807) is 0 Å². The first-order valence-corrected chi connectivity index (χ1v) is 8.02. The van der Waals surface area contributed by atoms with E-state index in [9.17, 15) is 0 Å². The molecular weight excluding hydrogens is 276 g/mol. The normalized spacial score (nSPS) is 11.3. The van der Waals surface area contributed by atoms with Gasteiger partial charge in [-0.2, -0.15) is 0 Å². The first-order valence-electron chi connectivity index (χ1n) is 8.02. The van der Waals surface area contributed by atoms with E-state index in [1.165, 1.54) is 33.4 Å². The first-order chi connectivity index (χ1) is 11.4. The monoisotopic (exact) mass is 294 g/mol. The highest BCUT2D eigenvalue weighted by atomic mass is 14.2. The molecule has 0 aliphatic heterocycles. The van der Waals surface area contributed by atoms with Gasteiger partial charge in [0.2, 0.25) is 0 Å². The number of hydrogen-bond acceptors (Lipinski definition) is 0. The molecule has 0 heterocycles. The third-order valence-electron chi connectivity index (χ3n) is 4.36. The van der Waals surface area contributed by atoms with Crippen molar-refractivity contribution in [2.45, 2.75) is 6.42 Å². The Kier molecular flexibility index (Phi) is 3.65. The molecule has 0 amide bonds. The summed E-state index contributed by atoms with van der Waals surface area (Å²) in [6.07, 6.45) is 1.10. The molecule has 0 aromatic heterocycles. The Hall–Kier alpha value is -2.86. The van der Waals surface area contributed by atoms with Crippen LogP contribution in [0.5, 0.6) is 0 Å². The van der Waals surface area contributed by atoms with Crippen molar-refractivity contribution in [1.29, 1.82) is 0 Å². The maximum atomic E-state index is 2.22. The molecule has 0 atom stereocenters. The van der Waals surface area contributed by atoms with E-state index in [2.05, 4.69) is 91.0 Å². The van der Waals surface area contributed by atoms with Gasteiger partial charge in [-0.1, -0.05) is 97.1 Å². The summed E-state index contributed by atoms with van der Waals surface area (Å²) in [5.74, 6) is 0. The molecule has 3 aliphatic rings. The van der Waals surface area contributed by atoms with Crippen LogP contribution < -0.4 is 0 Å². The predicted molar refractivity (Wildman–Crippen MR) is 97.7 cm³/mol. The van der Waals surface area contributed by atoms with Crippen LogP contribution >= 0.6 is 0 Å². The molecule has 0 heteroatoms. The Balaban J connectivity index is 0.000000122. The van der Waals surface area contributed by atoms with Gasteiger partial charge >= 0.3 is 0 Å². The summed E-state index contributed by atoms with van der Waals surface area (Å²) in [7, 11) is 0. The Labute approximate surface area is 137 Å². The van der Waals surface area contributed by atoms with Crippen molar-refractivity contribution >= 4 is 0 Å². The fourth-order valence-electron chi connectivity index (χ4n) is 3.21. The highest BCUT2D eigenvalue weighted by molar-refractivity contribution is 5.76. The summed E-state index contributed by atoms with van der Waals surface area (Å²) >= 11 is 0. The largest absolute Gasteiger partial charge is 0.0622 e. The number of benzene rings is 2. The minimum atomic E-state index is 1.10. The molecule has 0 radical (unpaired) electrons. The van der Waals surface area contributed by atoms with Gasteiger partial charge < -0.3 is 0 Å². The molecule has 0 unspecified atom stereocenters. The molecule has 0 fully saturated rings. The summed E-state index contributed by atoms with van der Waals surface area (Å²) in [6, 6.07) is 34.0. The van der Waals surface area contributed by atoms with E-state index in [0.29, 0.717) is 0 Å². The van der Waals surface area contributed by atoms with Crippen molar-refractivity contribution in [2.75, 3.05) is 0 Å². The Morgan fingerprint density at radius 2 is 0.826 bits per heavy atom. The third-order valence-corrected chi connectivity index (χ3v) is 4.36. The van der Waals surface area contributed by atoms with Gasteiger partial charge in [0.15, 0.2) is 0 Å². The quantitative estimate of drug-likeness (QED) is 0.326. The van der Waals surface area contributed by atoms with Gasteiger partial charge in [0.05, 0.1) is 0 Å². The van der Waals surface area contributed by atoms with Crippen molar-refractivity contribution in [1.82, 2.24) is 0 Å². The topological polar surface area (TPSA) is 0 Å². The van der Waals surface area contributed by atoms with E-state index < -0.39 is 0 Å². The average Bonchev–Trinajstić information content (AvgIpc) is 3.13. The van der Waals surface area contributed by atoms with Crippen molar-refractivity contribution in [2.24, 2.45) is 0 Å². The molecule has 0 bridgehead atoms. The number of rotatable bonds is 0. The third kappa shape index (κ3) is 2.76. The molecule has 0 saturated heterocycles. The van der Waals surface area contributed by atoms with Crippen molar-refractivity contribution in [3.8, 4) is 22.3 Å². The predicted octanol–water partition coefficient (Wildman–Crippen LogP) is 6.05. The standard InChI is InChI=1S/C13H10.C10H8/c1-3-7-12-10(5-1)9-11-6-2-4-8-13(11)12;1-2-5-9-7-4-8-10(9)6-3-1/h1-8H,9H2;1-8H. The second-order valence-electron chi connectivity index (χ2n) is 5.84. The summed E-state index contributed by atoms with van der Waals surface area (Å²) in [5.41, 5.74) is 8.37. The van der Waals surface area contributed by atoms with Gasteiger partial charge in [-0.15, -0.1) is 0 Å². The summed E-state index contributed by atoms with van der Waals surface area (Å²) in [5, 5.41) is 0. The lowest BCUT2D eigenvalue weighted by Crippen LogP contribution is -1.77. The van der Waals surface area contributed by atoms with Crippen LogP contribution in [0.3, 0.4) is 0 Å². The second kappa shape index (κ2) is 6.10. The summed E-state index contributed by atoms with van der Waals surface area (Å²) < 4.78 is 0. The van der Waals surface area contributed by atoms with Crippen molar-refractivity contribution in [3.05, 3.63) is 108 Å². The molecule has 0 nitrogen and oxygen atoms in total. The first kappa shape index (κ1) is 13.8. The maximum Gasteiger partial charge on any atom is -0.00135 e. The molecule has 5 rings (SSSR count). The lowest BCUT2D eigenvalue weighted by molar-refractivity contribution is 1.26.